The van der Waals surface area contributed by atoms with Gasteiger partial charge in [0.25, 0.3) is 10.0 Å². The predicted molar refractivity (Wildman–Crippen MR) is 67.7 cm³/mol. The molecule has 0 aliphatic carbocycles. The number of hydrogen-bond donors (Lipinski definition) is 2. The van der Waals surface area contributed by atoms with Gasteiger partial charge in [-0.05, 0) is 25.5 Å². The number of aromatic nitrogens is 3. The van der Waals surface area contributed by atoms with Gasteiger partial charge in [0.2, 0.25) is 0 Å². The lowest BCUT2D eigenvalue weighted by Gasteiger charge is -2.05. The van der Waals surface area contributed by atoms with E-state index in [1.54, 1.807) is 6.07 Å². The summed E-state index contributed by atoms with van der Waals surface area (Å²) in [6.07, 6.45) is 3.59. The molecule has 96 valence electrons. The molecular weight excluding hydrogens is 252 g/mol. The highest BCUT2D eigenvalue weighted by atomic mass is 32.2. The van der Waals surface area contributed by atoms with Crippen LogP contribution in [0.5, 0.6) is 0 Å². The average Bonchev–Trinajstić information content (AvgIpc) is 2.71. The molecule has 0 unspecified atom stereocenters. The van der Waals surface area contributed by atoms with E-state index in [-0.39, 0.29) is 4.90 Å². The van der Waals surface area contributed by atoms with Gasteiger partial charge >= 0.3 is 0 Å². The summed E-state index contributed by atoms with van der Waals surface area (Å²) in [5.41, 5.74) is 1.73. The fourth-order valence-electron chi connectivity index (χ4n) is 1.57. The zero-order valence-electron chi connectivity index (χ0n) is 10.1. The Bertz CT molecular complexity index is 634. The van der Waals surface area contributed by atoms with Crippen molar-refractivity contribution in [1.82, 2.24) is 15.2 Å². The van der Waals surface area contributed by atoms with E-state index in [2.05, 4.69) is 19.9 Å². The van der Waals surface area contributed by atoms with Crippen molar-refractivity contribution in [3.8, 4) is 0 Å². The second-order valence-corrected chi connectivity index (χ2v) is 5.51. The number of aryl methyl sites for hydroxylation is 1. The fourth-order valence-corrected chi connectivity index (χ4v) is 2.60. The van der Waals surface area contributed by atoms with Crippen LogP contribution in [-0.4, -0.2) is 23.6 Å². The summed E-state index contributed by atoms with van der Waals surface area (Å²) in [5, 5.41) is 6.77. The van der Waals surface area contributed by atoms with Gasteiger partial charge in [-0.2, -0.15) is 5.10 Å². The number of pyridine rings is 1. The Morgan fingerprint density at radius 1 is 1.44 bits per heavy atom. The molecule has 0 aliphatic rings. The molecule has 0 saturated carbocycles. The molecule has 2 heterocycles. The third-order valence-corrected chi connectivity index (χ3v) is 3.96. The number of rotatable bonds is 4. The first-order chi connectivity index (χ1) is 8.54. The van der Waals surface area contributed by atoms with E-state index in [9.17, 15) is 8.42 Å². The highest BCUT2D eigenvalue weighted by Gasteiger charge is 2.17. The molecule has 0 aromatic carbocycles. The van der Waals surface area contributed by atoms with Crippen molar-refractivity contribution >= 4 is 15.8 Å². The van der Waals surface area contributed by atoms with Gasteiger partial charge in [-0.25, -0.2) is 8.42 Å². The van der Waals surface area contributed by atoms with Crippen molar-refractivity contribution in [2.45, 2.75) is 25.2 Å². The molecule has 0 atom stereocenters. The summed E-state index contributed by atoms with van der Waals surface area (Å²) in [4.78, 5) is 3.91. The summed E-state index contributed by atoms with van der Waals surface area (Å²) < 4.78 is 26.5. The van der Waals surface area contributed by atoms with Crippen molar-refractivity contribution < 1.29 is 8.42 Å². The number of anilines is 1. The zero-order chi connectivity index (χ0) is 13.2. The molecule has 0 spiro atoms. The number of sulfonamides is 1. The third-order valence-electron chi connectivity index (χ3n) is 2.64. The minimum Gasteiger partial charge on any atom is -0.280 e. The normalized spacial score (nSPS) is 11.4. The summed E-state index contributed by atoms with van der Waals surface area (Å²) >= 11 is 0. The number of hydrogen-bond acceptors (Lipinski definition) is 4. The first-order valence-electron chi connectivity index (χ1n) is 5.51. The molecule has 2 N–H and O–H groups in total. The average molecular weight is 266 g/mol. The Morgan fingerprint density at radius 2 is 2.22 bits per heavy atom. The number of H-pyrrole nitrogens is 1. The molecule has 2 rings (SSSR count). The predicted octanol–water partition coefficient (Wildman–Crippen LogP) is 1.48. The zero-order valence-corrected chi connectivity index (χ0v) is 11.0. The van der Waals surface area contributed by atoms with Crippen LogP contribution in [0.2, 0.25) is 0 Å². The lowest BCUT2D eigenvalue weighted by atomic mass is 10.2. The maximum atomic E-state index is 12.0. The number of aromatic amines is 1. The van der Waals surface area contributed by atoms with Crippen LogP contribution < -0.4 is 4.72 Å². The summed E-state index contributed by atoms with van der Waals surface area (Å²) in [5.74, 6) is 0.329. The molecule has 0 fully saturated rings. The SMILES string of the molecule is CCc1[nH]nc(NS(=O)(=O)c2cccnc2)c1C. The first-order valence-corrected chi connectivity index (χ1v) is 6.99. The Kier molecular flexibility index (Phi) is 3.33. The van der Waals surface area contributed by atoms with Crippen LogP contribution in [0.1, 0.15) is 18.2 Å². The van der Waals surface area contributed by atoms with Gasteiger partial charge in [-0.3, -0.25) is 14.8 Å². The highest BCUT2D eigenvalue weighted by molar-refractivity contribution is 7.92. The lowest BCUT2D eigenvalue weighted by molar-refractivity contribution is 0.600. The standard InChI is InChI=1S/C11H14N4O2S/c1-3-10-8(2)11(14-13-10)15-18(16,17)9-5-4-6-12-7-9/h4-7H,3H2,1-2H3,(H2,13,14,15). The second kappa shape index (κ2) is 4.77. The molecule has 18 heavy (non-hydrogen) atoms. The van der Waals surface area contributed by atoms with Gasteiger partial charge in [-0.15, -0.1) is 0 Å². The maximum absolute atomic E-state index is 12.0. The summed E-state index contributed by atoms with van der Waals surface area (Å²) in [6.45, 7) is 3.79. The second-order valence-electron chi connectivity index (χ2n) is 3.82. The van der Waals surface area contributed by atoms with Crippen molar-refractivity contribution in [3.63, 3.8) is 0 Å². The van der Waals surface area contributed by atoms with E-state index >= 15 is 0 Å². The molecule has 0 radical (unpaired) electrons. The van der Waals surface area contributed by atoms with E-state index in [1.165, 1.54) is 18.5 Å². The van der Waals surface area contributed by atoms with Crippen LogP contribution in [-0.2, 0) is 16.4 Å². The molecule has 0 amide bonds. The highest BCUT2D eigenvalue weighted by Crippen LogP contribution is 2.19. The van der Waals surface area contributed by atoms with Crippen LogP contribution in [0.3, 0.4) is 0 Å². The lowest BCUT2D eigenvalue weighted by Crippen LogP contribution is -2.14. The van der Waals surface area contributed by atoms with Crippen molar-refractivity contribution in [2.24, 2.45) is 0 Å². The minimum atomic E-state index is -3.63. The molecule has 7 heteroatoms. The Hall–Kier alpha value is -1.89. The minimum absolute atomic E-state index is 0.116. The summed E-state index contributed by atoms with van der Waals surface area (Å²) in [7, 11) is -3.63. The van der Waals surface area contributed by atoms with E-state index in [1.807, 2.05) is 13.8 Å². The van der Waals surface area contributed by atoms with Gasteiger partial charge in [0.05, 0.1) is 0 Å². The van der Waals surface area contributed by atoms with E-state index in [0.29, 0.717) is 5.82 Å². The van der Waals surface area contributed by atoms with Gasteiger partial charge < -0.3 is 0 Å². The first kappa shape index (κ1) is 12.6. The Morgan fingerprint density at radius 3 is 2.78 bits per heavy atom. The smallest absolute Gasteiger partial charge is 0.264 e. The maximum Gasteiger partial charge on any atom is 0.264 e. The van der Waals surface area contributed by atoms with E-state index in [0.717, 1.165) is 17.7 Å². The number of nitrogens with zero attached hydrogens (tertiary/aromatic N) is 2. The van der Waals surface area contributed by atoms with Crippen molar-refractivity contribution in [2.75, 3.05) is 4.72 Å². The van der Waals surface area contributed by atoms with E-state index in [4.69, 9.17) is 0 Å². The van der Waals surface area contributed by atoms with E-state index < -0.39 is 10.0 Å². The quantitative estimate of drug-likeness (QED) is 0.877. The van der Waals surface area contributed by atoms with Crippen molar-refractivity contribution in [3.05, 3.63) is 35.8 Å². The van der Waals surface area contributed by atoms with Crippen LogP contribution in [0, 0.1) is 6.92 Å². The molecular formula is C11H14N4O2S. The molecule has 0 saturated heterocycles. The van der Waals surface area contributed by atoms with Gasteiger partial charge in [-0.1, -0.05) is 6.92 Å². The molecule has 0 aliphatic heterocycles. The van der Waals surface area contributed by atoms with Crippen LogP contribution in [0.25, 0.3) is 0 Å². The summed E-state index contributed by atoms with van der Waals surface area (Å²) in [6, 6.07) is 3.06. The van der Waals surface area contributed by atoms with Crippen molar-refractivity contribution in [1.29, 1.82) is 0 Å². The van der Waals surface area contributed by atoms with Crippen LogP contribution in [0.15, 0.2) is 29.4 Å². The number of nitrogens with one attached hydrogen (secondary N) is 2. The van der Waals surface area contributed by atoms with Crippen LogP contribution in [0.4, 0.5) is 5.82 Å². The Labute approximate surface area is 106 Å². The fraction of sp³-hybridized carbons (Fsp3) is 0.273. The molecule has 6 nitrogen and oxygen atoms in total. The monoisotopic (exact) mass is 266 g/mol. The van der Waals surface area contributed by atoms with Crippen LogP contribution >= 0.6 is 0 Å². The molecule has 0 bridgehead atoms. The van der Waals surface area contributed by atoms with Gasteiger partial charge in [0.1, 0.15) is 4.90 Å². The van der Waals surface area contributed by atoms with Gasteiger partial charge in [0.15, 0.2) is 5.82 Å². The van der Waals surface area contributed by atoms with Gasteiger partial charge in [0, 0.05) is 23.7 Å². The molecule has 2 aromatic heterocycles. The third kappa shape index (κ3) is 2.35. The Balaban J connectivity index is 2.31. The topological polar surface area (TPSA) is 87.7 Å². The molecule has 2 aromatic rings. The largest absolute Gasteiger partial charge is 0.280 e.